The summed E-state index contributed by atoms with van der Waals surface area (Å²) in [5, 5.41) is 28.7. The molecule has 0 bridgehead atoms. The standard InChI is InChI=1S/C22H42O5/c1-2-3-4-5-6-7-8-9-10-11-12-13-14-15-16-26-20(17-23)22-21(25)19(24)18-27-22/h12-13,19-25H,2-11,14-18H2,1H3/b13-12+/t19-,20+,21-,22-/m0/s1. The Morgan fingerprint density at radius 1 is 0.926 bits per heavy atom. The lowest BCUT2D eigenvalue weighted by Gasteiger charge is -2.24. The van der Waals surface area contributed by atoms with Crippen LogP contribution in [0.2, 0.25) is 0 Å². The number of allylic oxidation sites excluding steroid dienone is 2. The second-order valence-electron chi connectivity index (χ2n) is 7.68. The van der Waals surface area contributed by atoms with E-state index in [9.17, 15) is 15.3 Å². The molecule has 0 aromatic rings. The fourth-order valence-corrected chi connectivity index (χ4v) is 3.45. The van der Waals surface area contributed by atoms with Crippen molar-refractivity contribution in [2.75, 3.05) is 19.8 Å². The first-order valence-corrected chi connectivity index (χ1v) is 11.1. The van der Waals surface area contributed by atoms with Gasteiger partial charge in [0.25, 0.3) is 0 Å². The topological polar surface area (TPSA) is 79.2 Å². The zero-order valence-corrected chi connectivity index (χ0v) is 17.2. The molecule has 4 atom stereocenters. The second-order valence-corrected chi connectivity index (χ2v) is 7.68. The van der Waals surface area contributed by atoms with Crippen molar-refractivity contribution < 1.29 is 24.8 Å². The van der Waals surface area contributed by atoms with Crippen LogP contribution in [0.4, 0.5) is 0 Å². The van der Waals surface area contributed by atoms with E-state index in [1.165, 1.54) is 57.8 Å². The van der Waals surface area contributed by atoms with E-state index in [1.807, 2.05) is 0 Å². The van der Waals surface area contributed by atoms with E-state index in [2.05, 4.69) is 19.1 Å². The molecule has 0 saturated carbocycles. The summed E-state index contributed by atoms with van der Waals surface area (Å²) in [7, 11) is 0. The van der Waals surface area contributed by atoms with Crippen molar-refractivity contribution in [1.82, 2.24) is 0 Å². The molecule has 1 aliphatic heterocycles. The minimum Gasteiger partial charge on any atom is -0.394 e. The van der Waals surface area contributed by atoms with Gasteiger partial charge in [0.2, 0.25) is 0 Å². The predicted octanol–water partition coefficient (Wildman–Crippen LogP) is 3.74. The molecule has 27 heavy (non-hydrogen) atoms. The van der Waals surface area contributed by atoms with E-state index in [0.717, 1.165) is 19.3 Å². The molecule has 1 fully saturated rings. The van der Waals surface area contributed by atoms with E-state index in [0.29, 0.717) is 6.61 Å². The van der Waals surface area contributed by atoms with Gasteiger partial charge in [-0.2, -0.15) is 0 Å². The lowest BCUT2D eigenvalue weighted by atomic mass is 10.1. The SMILES string of the molecule is CCCCCCCCCCC/C=C/CCCO[C@H](CO)[C@@H]1OC[C@H](O)[C@@H]1O. The maximum Gasteiger partial charge on any atom is 0.114 e. The Morgan fingerprint density at radius 3 is 2.07 bits per heavy atom. The van der Waals surface area contributed by atoms with E-state index in [4.69, 9.17) is 9.47 Å². The van der Waals surface area contributed by atoms with Crippen LogP contribution in [0.3, 0.4) is 0 Å². The van der Waals surface area contributed by atoms with Gasteiger partial charge in [0.15, 0.2) is 0 Å². The molecule has 1 saturated heterocycles. The Kier molecular flexibility index (Phi) is 15.0. The molecule has 1 rings (SSSR count). The molecule has 1 aliphatic rings. The number of ether oxygens (including phenoxy) is 2. The molecule has 0 radical (unpaired) electrons. The van der Waals surface area contributed by atoms with Gasteiger partial charge in [0, 0.05) is 6.61 Å². The highest BCUT2D eigenvalue weighted by atomic mass is 16.6. The molecule has 0 aromatic carbocycles. The van der Waals surface area contributed by atoms with Gasteiger partial charge >= 0.3 is 0 Å². The van der Waals surface area contributed by atoms with Crippen LogP contribution in [0.25, 0.3) is 0 Å². The first-order chi connectivity index (χ1) is 13.2. The number of hydrogen-bond acceptors (Lipinski definition) is 5. The maximum atomic E-state index is 9.81. The average Bonchev–Trinajstić information content (AvgIpc) is 3.00. The van der Waals surface area contributed by atoms with Crippen LogP contribution >= 0.6 is 0 Å². The Labute approximate surface area is 165 Å². The van der Waals surface area contributed by atoms with E-state index in [-0.39, 0.29) is 13.2 Å². The number of aliphatic hydroxyl groups excluding tert-OH is 3. The summed E-state index contributed by atoms with van der Waals surface area (Å²) in [6, 6.07) is 0. The third kappa shape index (κ3) is 11.2. The molecular formula is C22H42O5. The molecule has 0 amide bonds. The van der Waals surface area contributed by atoms with Crippen LogP contribution in [0.5, 0.6) is 0 Å². The van der Waals surface area contributed by atoms with Gasteiger partial charge in [-0.05, 0) is 25.7 Å². The molecular weight excluding hydrogens is 344 g/mol. The van der Waals surface area contributed by atoms with Crippen molar-refractivity contribution in [3.8, 4) is 0 Å². The van der Waals surface area contributed by atoms with Gasteiger partial charge in [-0.1, -0.05) is 70.4 Å². The van der Waals surface area contributed by atoms with E-state index >= 15 is 0 Å². The molecule has 160 valence electrons. The summed E-state index contributed by atoms with van der Waals surface area (Å²) in [5.41, 5.74) is 0. The third-order valence-corrected chi connectivity index (χ3v) is 5.22. The van der Waals surface area contributed by atoms with Crippen LogP contribution in [0.1, 0.15) is 84.0 Å². The highest BCUT2D eigenvalue weighted by Crippen LogP contribution is 2.19. The molecule has 1 heterocycles. The summed E-state index contributed by atoms with van der Waals surface area (Å²) in [6.45, 7) is 2.64. The minimum absolute atomic E-state index is 0.0906. The minimum atomic E-state index is -0.988. The number of aliphatic hydroxyl groups is 3. The van der Waals surface area contributed by atoms with Gasteiger partial charge in [0.05, 0.1) is 13.2 Å². The number of hydrogen-bond donors (Lipinski definition) is 3. The monoisotopic (exact) mass is 386 g/mol. The number of rotatable bonds is 17. The van der Waals surface area contributed by atoms with Crippen LogP contribution in [-0.4, -0.2) is 59.6 Å². The Morgan fingerprint density at radius 2 is 1.52 bits per heavy atom. The van der Waals surface area contributed by atoms with Crippen molar-refractivity contribution in [3.05, 3.63) is 12.2 Å². The summed E-state index contributed by atoms with van der Waals surface area (Å²) in [4.78, 5) is 0. The normalized spacial score (nSPS) is 24.1. The van der Waals surface area contributed by atoms with Crippen molar-refractivity contribution in [2.24, 2.45) is 0 Å². The van der Waals surface area contributed by atoms with E-state index < -0.39 is 24.4 Å². The molecule has 0 aliphatic carbocycles. The summed E-state index contributed by atoms with van der Waals surface area (Å²) in [6.07, 6.45) is 16.6. The summed E-state index contributed by atoms with van der Waals surface area (Å²) >= 11 is 0. The van der Waals surface area contributed by atoms with Crippen molar-refractivity contribution in [2.45, 2.75) is 108 Å². The zero-order valence-electron chi connectivity index (χ0n) is 17.2. The summed E-state index contributed by atoms with van der Waals surface area (Å²) < 4.78 is 10.9. The van der Waals surface area contributed by atoms with Gasteiger partial charge < -0.3 is 24.8 Å². The first-order valence-electron chi connectivity index (χ1n) is 11.1. The first kappa shape index (κ1) is 24.6. The molecule has 5 heteroatoms. The van der Waals surface area contributed by atoms with E-state index in [1.54, 1.807) is 0 Å². The third-order valence-electron chi connectivity index (χ3n) is 5.22. The molecule has 3 N–H and O–H groups in total. The lowest BCUT2D eigenvalue weighted by Crippen LogP contribution is -2.42. The Hall–Kier alpha value is -0.460. The maximum absolute atomic E-state index is 9.81. The molecule has 0 aromatic heterocycles. The second kappa shape index (κ2) is 16.5. The quantitative estimate of drug-likeness (QED) is 0.262. The smallest absolute Gasteiger partial charge is 0.114 e. The highest BCUT2D eigenvalue weighted by Gasteiger charge is 2.40. The summed E-state index contributed by atoms with van der Waals surface area (Å²) in [5.74, 6) is 0. The highest BCUT2D eigenvalue weighted by molar-refractivity contribution is 4.88. The van der Waals surface area contributed by atoms with Gasteiger partial charge in [0.1, 0.15) is 24.4 Å². The lowest BCUT2D eigenvalue weighted by molar-refractivity contribution is -0.101. The molecule has 0 unspecified atom stereocenters. The number of unbranched alkanes of at least 4 members (excludes halogenated alkanes) is 10. The Bertz CT molecular complexity index is 361. The fourth-order valence-electron chi connectivity index (χ4n) is 3.45. The molecule has 5 nitrogen and oxygen atoms in total. The average molecular weight is 387 g/mol. The van der Waals surface area contributed by atoms with Gasteiger partial charge in [-0.3, -0.25) is 0 Å². The largest absolute Gasteiger partial charge is 0.394 e. The fraction of sp³-hybridized carbons (Fsp3) is 0.909. The van der Waals surface area contributed by atoms with Crippen LogP contribution in [0.15, 0.2) is 12.2 Å². The van der Waals surface area contributed by atoms with Gasteiger partial charge in [-0.15, -0.1) is 0 Å². The van der Waals surface area contributed by atoms with Crippen molar-refractivity contribution in [1.29, 1.82) is 0 Å². The van der Waals surface area contributed by atoms with Crippen LogP contribution in [0, 0.1) is 0 Å². The zero-order chi connectivity index (χ0) is 19.7. The van der Waals surface area contributed by atoms with Crippen LogP contribution in [-0.2, 0) is 9.47 Å². The predicted molar refractivity (Wildman–Crippen MR) is 109 cm³/mol. The Balaban J connectivity index is 1.91. The molecule has 0 spiro atoms. The van der Waals surface area contributed by atoms with Gasteiger partial charge in [-0.25, -0.2) is 0 Å². The van der Waals surface area contributed by atoms with Crippen LogP contribution < -0.4 is 0 Å². The van der Waals surface area contributed by atoms with Crippen molar-refractivity contribution >= 4 is 0 Å². The van der Waals surface area contributed by atoms with Crippen molar-refractivity contribution in [3.63, 3.8) is 0 Å².